The molecule has 2 unspecified atom stereocenters. The predicted octanol–water partition coefficient (Wildman–Crippen LogP) is 1.20. The number of hydrogen-bond acceptors (Lipinski definition) is 5. The van der Waals surface area contributed by atoms with Gasteiger partial charge in [0.05, 0.1) is 12.6 Å². The number of carbonyl (C=O) groups excluding carboxylic acids is 2. The standard InChI is InChI=1S/C20H16F3N3O5/c21-8-5-10(22)9(11(23)6-8)7-24-18(29)14-12-1-2-13-20-25(3-4-31-20)19(30)15(26(12)13)17(28)16(14)27/h5-6,13,20,28H,1-4,7H2,(H,24,29). The van der Waals surface area contributed by atoms with E-state index in [-0.39, 0.29) is 23.9 Å². The van der Waals surface area contributed by atoms with Crippen LogP contribution in [0.2, 0.25) is 0 Å². The summed E-state index contributed by atoms with van der Waals surface area (Å²) < 4.78 is 47.9. The lowest BCUT2D eigenvalue weighted by molar-refractivity contribution is -0.0124. The van der Waals surface area contributed by atoms with Crippen LogP contribution in [0.1, 0.15) is 44.6 Å². The molecule has 8 nitrogen and oxygen atoms in total. The molecule has 4 heterocycles. The zero-order chi connectivity index (χ0) is 22.0. The van der Waals surface area contributed by atoms with Crippen LogP contribution in [-0.2, 0) is 17.7 Å². The van der Waals surface area contributed by atoms with Crippen molar-refractivity contribution >= 4 is 11.8 Å². The average Bonchev–Trinajstić information content (AvgIpc) is 3.34. The molecule has 3 aliphatic rings. The number of hydrogen-bond donors (Lipinski definition) is 2. The van der Waals surface area contributed by atoms with Crippen molar-refractivity contribution in [3.05, 3.63) is 62.3 Å². The molecule has 162 valence electrons. The molecule has 1 aromatic heterocycles. The van der Waals surface area contributed by atoms with Crippen LogP contribution in [0.15, 0.2) is 16.9 Å². The Labute approximate surface area is 172 Å². The Balaban J connectivity index is 1.53. The number of nitrogens with one attached hydrogen (secondary N) is 1. The first-order valence-corrected chi connectivity index (χ1v) is 9.64. The fourth-order valence-electron chi connectivity index (χ4n) is 4.62. The molecule has 1 saturated heterocycles. The second kappa shape index (κ2) is 6.84. The molecule has 0 aliphatic carbocycles. The topological polar surface area (TPSA) is 101 Å². The Morgan fingerprint density at radius 2 is 1.94 bits per heavy atom. The maximum absolute atomic E-state index is 13.9. The van der Waals surface area contributed by atoms with E-state index in [0.717, 1.165) is 0 Å². The molecule has 11 heteroatoms. The summed E-state index contributed by atoms with van der Waals surface area (Å²) in [4.78, 5) is 39.8. The number of carbonyl (C=O) groups is 2. The molecule has 0 saturated carbocycles. The summed E-state index contributed by atoms with van der Waals surface area (Å²) in [7, 11) is 0. The van der Waals surface area contributed by atoms with E-state index in [1.54, 1.807) is 0 Å². The fourth-order valence-corrected chi connectivity index (χ4v) is 4.62. The number of aromatic nitrogens is 1. The van der Waals surface area contributed by atoms with Gasteiger partial charge in [-0.15, -0.1) is 0 Å². The molecule has 2 amide bonds. The van der Waals surface area contributed by atoms with E-state index in [2.05, 4.69) is 5.32 Å². The lowest BCUT2D eigenvalue weighted by Crippen LogP contribution is -2.48. The number of fused-ring (bicyclic) bond motifs is 2. The van der Waals surface area contributed by atoms with Gasteiger partial charge in [-0.3, -0.25) is 14.4 Å². The van der Waals surface area contributed by atoms with Gasteiger partial charge in [-0.05, 0) is 12.8 Å². The van der Waals surface area contributed by atoms with Crippen LogP contribution in [0.5, 0.6) is 5.75 Å². The minimum Gasteiger partial charge on any atom is -0.503 e. The van der Waals surface area contributed by atoms with Crippen molar-refractivity contribution in [3.63, 3.8) is 0 Å². The van der Waals surface area contributed by atoms with E-state index < -0.39 is 64.3 Å². The zero-order valence-electron chi connectivity index (χ0n) is 16.0. The summed E-state index contributed by atoms with van der Waals surface area (Å²) in [6.45, 7) is 0.0178. The number of nitrogens with zero attached hydrogens (tertiary/aromatic N) is 2. The molecule has 3 aliphatic heterocycles. The van der Waals surface area contributed by atoms with E-state index in [1.807, 2.05) is 0 Å². The number of aromatic hydroxyl groups is 1. The molecule has 2 aromatic rings. The molecule has 0 spiro atoms. The second-order valence-electron chi connectivity index (χ2n) is 7.61. The van der Waals surface area contributed by atoms with E-state index in [4.69, 9.17) is 4.74 Å². The quantitative estimate of drug-likeness (QED) is 0.755. The minimum absolute atomic E-state index is 0.184. The lowest BCUT2D eigenvalue weighted by Gasteiger charge is -2.36. The number of amides is 2. The van der Waals surface area contributed by atoms with Gasteiger partial charge < -0.3 is 24.6 Å². The highest BCUT2D eigenvalue weighted by Gasteiger charge is 2.49. The van der Waals surface area contributed by atoms with Crippen molar-refractivity contribution in [1.29, 1.82) is 0 Å². The van der Waals surface area contributed by atoms with Crippen LogP contribution in [0.3, 0.4) is 0 Å². The van der Waals surface area contributed by atoms with Gasteiger partial charge in [-0.1, -0.05) is 0 Å². The lowest BCUT2D eigenvalue weighted by atomic mass is 10.1. The molecule has 31 heavy (non-hydrogen) atoms. The van der Waals surface area contributed by atoms with E-state index in [0.29, 0.717) is 31.7 Å². The van der Waals surface area contributed by atoms with Gasteiger partial charge in [-0.2, -0.15) is 0 Å². The molecule has 1 aromatic carbocycles. The van der Waals surface area contributed by atoms with Crippen LogP contribution in [0.4, 0.5) is 13.2 Å². The summed E-state index contributed by atoms with van der Waals surface area (Å²) in [5.74, 6) is -5.84. The van der Waals surface area contributed by atoms with Crippen LogP contribution < -0.4 is 10.7 Å². The number of rotatable bonds is 3. The summed E-state index contributed by atoms with van der Waals surface area (Å²) in [5.41, 5.74) is -1.94. The van der Waals surface area contributed by atoms with Crippen molar-refractivity contribution < 1.29 is 32.6 Å². The highest BCUT2D eigenvalue weighted by Crippen LogP contribution is 2.41. The van der Waals surface area contributed by atoms with Crippen LogP contribution in [0.25, 0.3) is 0 Å². The number of pyridine rings is 1. The van der Waals surface area contributed by atoms with Gasteiger partial charge in [0.1, 0.15) is 23.0 Å². The molecule has 5 rings (SSSR count). The summed E-state index contributed by atoms with van der Waals surface area (Å²) in [6, 6.07) is 0.593. The van der Waals surface area contributed by atoms with Crippen LogP contribution >= 0.6 is 0 Å². The number of benzene rings is 1. The smallest absolute Gasteiger partial charge is 0.276 e. The van der Waals surface area contributed by atoms with Crippen LogP contribution in [0, 0.1) is 17.5 Å². The summed E-state index contributed by atoms with van der Waals surface area (Å²) >= 11 is 0. The maximum atomic E-state index is 13.9. The third-order valence-corrected chi connectivity index (χ3v) is 5.97. The molecular weight excluding hydrogens is 419 g/mol. The van der Waals surface area contributed by atoms with Gasteiger partial charge in [0.2, 0.25) is 5.43 Å². The van der Waals surface area contributed by atoms with Crippen molar-refractivity contribution in [1.82, 2.24) is 14.8 Å². The van der Waals surface area contributed by atoms with Crippen molar-refractivity contribution in [2.75, 3.05) is 13.2 Å². The maximum Gasteiger partial charge on any atom is 0.276 e. The average molecular weight is 435 g/mol. The first-order chi connectivity index (χ1) is 14.8. The largest absolute Gasteiger partial charge is 0.503 e. The molecule has 0 radical (unpaired) electrons. The normalized spacial score (nSPS) is 21.3. The Bertz CT molecular complexity index is 1190. The first-order valence-electron chi connectivity index (χ1n) is 9.64. The first kappa shape index (κ1) is 19.6. The van der Waals surface area contributed by atoms with Gasteiger partial charge in [0.15, 0.2) is 17.7 Å². The van der Waals surface area contributed by atoms with Gasteiger partial charge in [-0.25, -0.2) is 13.2 Å². The Kier molecular flexibility index (Phi) is 4.33. The summed E-state index contributed by atoms with van der Waals surface area (Å²) in [6.07, 6.45) is 0.198. The third-order valence-electron chi connectivity index (χ3n) is 5.97. The third kappa shape index (κ3) is 2.76. The SMILES string of the molecule is O=C(NCc1c(F)cc(F)cc1F)c1c2n3c(c(O)c1=O)C(=O)N1CCOC1C3CC2. The Morgan fingerprint density at radius 3 is 2.65 bits per heavy atom. The van der Waals surface area contributed by atoms with Gasteiger partial charge in [0, 0.05) is 36.5 Å². The van der Waals surface area contributed by atoms with Crippen molar-refractivity contribution in [2.45, 2.75) is 31.7 Å². The number of halogens is 3. The van der Waals surface area contributed by atoms with Crippen LogP contribution in [-0.4, -0.2) is 45.8 Å². The minimum atomic E-state index is -1.18. The van der Waals surface area contributed by atoms with E-state index >= 15 is 0 Å². The summed E-state index contributed by atoms with van der Waals surface area (Å²) in [5, 5.41) is 12.7. The molecule has 2 atom stereocenters. The Morgan fingerprint density at radius 1 is 1.23 bits per heavy atom. The second-order valence-corrected chi connectivity index (χ2v) is 7.61. The fraction of sp³-hybridized carbons (Fsp3) is 0.350. The van der Waals surface area contributed by atoms with Gasteiger partial charge in [0.25, 0.3) is 11.8 Å². The molecule has 1 fully saturated rings. The van der Waals surface area contributed by atoms with E-state index in [1.165, 1.54) is 9.47 Å². The molecule has 2 N–H and O–H groups in total. The highest BCUT2D eigenvalue weighted by atomic mass is 19.1. The Hall–Kier alpha value is -3.34. The predicted molar refractivity (Wildman–Crippen MR) is 98.0 cm³/mol. The number of ether oxygens (including phenoxy) is 1. The molecular formula is C20H16F3N3O5. The monoisotopic (exact) mass is 435 g/mol. The highest BCUT2D eigenvalue weighted by molar-refractivity contribution is 6.00. The van der Waals surface area contributed by atoms with Crippen molar-refractivity contribution in [2.24, 2.45) is 0 Å². The van der Waals surface area contributed by atoms with E-state index in [9.17, 15) is 32.7 Å². The van der Waals surface area contributed by atoms with Crippen molar-refractivity contribution in [3.8, 4) is 5.75 Å². The van der Waals surface area contributed by atoms with Gasteiger partial charge >= 0.3 is 0 Å². The molecule has 0 bridgehead atoms. The zero-order valence-corrected chi connectivity index (χ0v) is 16.0.